The van der Waals surface area contributed by atoms with Gasteiger partial charge in [-0.05, 0) is 31.2 Å². The molecule has 1 fully saturated rings. The quantitative estimate of drug-likeness (QED) is 0.809. The molecule has 1 saturated heterocycles. The Balaban J connectivity index is 1.77. The maximum Gasteiger partial charge on any atom is 0.254 e. The fraction of sp³-hybridized carbons (Fsp3) is 0.318. The summed E-state index contributed by atoms with van der Waals surface area (Å²) < 4.78 is 10.9. The molecule has 1 amide bonds. The molecule has 0 bridgehead atoms. The predicted molar refractivity (Wildman–Crippen MR) is 109 cm³/mol. The highest BCUT2D eigenvalue weighted by Gasteiger charge is 2.24. The van der Waals surface area contributed by atoms with Crippen molar-refractivity contribution in [3.63, 3.8) is 0 Å². The highest BCUT2D eigenvalue weighted by Crippen LogP contribution is 2.34. The van der Waals surface area contributed by atoms with Crippen molar-refractivity contribution in [1.29, 1.82) is 0 Å². The van der Waals surface area contributed by atoms with Crippen LogP contribution in [0.4, 0.5) is 5.69 Å². The van der Waals surface area contributed by atoms with E-state index in [2.05, 4.69) is 17.0 Å². The first-order valence-electron chi connectivity index (χ1n) is 9.16. The third kappa shape index (κ3) is 4.08. The molecule has 1 heterocycles. The van der Waals surface area contributed by atoms with Gasteiger partial charge in [0.25, 0.3) is 5.91 Å². The first-order chi connectivity index (χ1) is 13.2. The molecule has 0 spiro atoms. The molecule has 0 unspecified atom stereocenters. The number of carbonyl (C=O) groups is 1. The van der Waals surface area contributed by atoms with Crippen molar-refractivity contribution in [3.05, 3.63) is 59.7 Å². The van der Waals surface area contributed by atoms with Crippen LogP contribution in [0, 0.1) is 0 Å². The Hall–Kier alpha value is -2.95. The molecule has 1 aliphatic heterocycles. The Morgan fingerprint density at radius 1 is 1.00 bits per heavy atom. The minimum atomic E-state index is 0.0226. The molecular formula is C22H26N2O3. The highest BCUT2D eigenvalue weighted by atomic mass is 16.5. The Labute approximate surface area is 160 Å². The van der Waals surface area contributed by atoms with Gasteiger partial charge >= 0.3 is 0 Å². The van der Waals surface area contributed by atoms with E-state index in [9.17, 15) is 4.79 Å². The van der Waals surface area contributed by atoms with E-state index in [1.165, 1.54) is 5.69 Å². The average molecular weight is 366 g/mol. The standard InChI is InChI=1S/C22H26N2O3/c1-4-8-17-15-18(16-20(26-2)21(17)27-3)22(25)24-13-11-23(12-14-24)19-9-6-5-7-10-19/h4-10,15-16H,11-14H2,1-3H3/b8-4+. The number of para-hydroxylation sites is 1. The van der Waals surface area contributed by atoms with Gasteiger partial charge in [0.05, 0.1) is 14.2 Å². The molecule has 5 nitrogen and oxygen atoms in total. The Morgan fingerprint density at radius 2 is 1.70 bits per heavy atom. The topological polar surface area (TPSA) is 42.0 Å². The molecule has 0 atom stereocenters. The fourth-order valence-corrected chi connectivity index (χ4v) is 3.41. The van der Waals surface area contributed by atoms with E-state index in [0.717, 1.165) is 18.7 Å². The first-order valence-corrected chi connectivity index (χ1v) is 9.16. The molecular weight excluding hydrogens is 340 g/mol. The van der Waals surface area contributed by atoms with Gasteiger partial charge in [-0.15, -0.1) is 0 Å². The van der Waals surface area contributed by atoms with Crippen molar-refractivity contribution in [3.8, 4) is 11.5 Å². The lowest BCUT2D eigenvalue weighted by molar-refractivity contribution is 0.0746. The normalized spacial score (nSPS) is 14.5. The largest absolute Gasteiger partial charge is 0.493 e. The molecule has 2 aromatic carbocycles. The zero-order valence-electron chi connectivity index (χ0n) is 16.1. The van der Waals surface area contributed by atoms with Crippen LogP contribution in [0.15, 0.2) is 48.5 Å². The van der Waals surface area contributed by atoms with Gasteiger partial charge < -0.3 is 19.3 Å². The summed E-state index contributed by atoms with van der Waals surface area (Å²) in [5.74, 6) is 1.23. The predicted octanol–water partition coefficient (Wildman–Crippen LogP) is 3.70. The van der Waals surface area contributed by atoms with Gasteiger partial charge in [-0.3, -0.25) is 4.79 Å². The second kappa shape index (κ2) is 8.62. The van der Waals surface area contributed by atoms with Crippen LogP contribution in [0.5, 0.6) is 11.5 Å². The Kier molecular flexibility index (Phi) is 6.01. The Morgan fingerprint density at radius 3 is 2.30 bits per heavy atom. The summed E-state index contributed by atoms with van der Waals surface area (Å²) in [6.07, 6.45) is 3.84. The van der Waals surface area contributed by atoms with Crippen molar-refractivity contribution in [2.24, 2.45) is 0 Å². The van der Waals surface area contributed by atoms with Gasteiger partial charge in [0.2, 0.25) is 0 Å². The van der Waals surface area contributed by atoms with Crippen molar-refractivity contribution in [2.75, 3.05) is 45.3 Å². The minimum Gasteiger partial charge on any atom is -0.493 e. The summed E-state index contributed by atoms with van der Waals surface area (Å²) in [4.78, 5) is 17.3. The van der Waals surface area contributed by atoms with Gasteiger partial charge in [-0.2, -0.15) is 0 Å². The number of allylic oxidation sites excluding steroid dienone is 1. The third-order valence-corrected chi connectivity index (χ3v) is 4.79. The van der Waals surface area contributed by atoms with Crippen LogP contribution < -0.4 is 14.4 Å². The molecule has 0 saturated carbocycles. The van der Waals surface area contributed by atoms with E-state index >= 15 is 0 Å². The monoisotopic (exact) mass is 366 g/mol. The lowest BCUT2D eigenvalue weighted by Gasteiger charge is -2.36. The zero-order valence-corrected chi connectivity index (χ0v) is 16.1. The van der Waals surface area contributed by atoms with E-state index in [4.69, 9.17) is 9.47 Å². The van der Waals surface area contributed by atoms with Crippen LogP contribution in [0.1, 0.15) is 22.8 Å². The van der Waals surface area contributed by atoms with E-state index in [1.54, 1.807) is 20.3 Å². The number of anilines is 1. The highest BCUT2D eigenvalue weighted by molar-refractivity contribution is 5.96. The molecule has 27 heavy (non-hydrogen) atoms. The molecule has 0 radical (unpaired) electrons. The summed E-state index contributed by atoms with van der Waals surface area (Å²) in [6.45, 7) is 4.97. The number of rotatable bonds is 5. The number of ether oxygens (including phenoxy) is 2. The van der Waals surface area contributed by atoms with Crippen LogP contribution in [-0.4, -0.2) is 51.2 Å². The van der Waals surface area contributed by atoms with Gasteiger partial charge in [0.1, 0.15) is 0 Å². The fourth-order valence-electron chi connectivity index (χ4n) is 3.41. The van der Waals surface area contributed by atoms with Crippen LogP contribution in [0.25, 0.3) is 6.08 Å². The molecule has 0 N–H and O–H groups in total. The molecule has 142 valence electrons. The smallest absolute Gasteiger partial charge is 0.254 e. The van der Waals surface area contributed by atoms with Gasteiger partial charge in [-0.1, -0.05) is 30.4 Å². The van der Waals surface area contributed by atoms with Gasteiger partial charge in [0, 0.05) is 43.0 Å². The van der Waals surface area contributed by atoms with E-state index in [-0.39, 0.29) is 5.91 Å². The molecule has 0 aromatic heterocycles. The van der Waals surface area contributed by atoms with Crippen LogP contribution in [-0.2, 0) is 0 Å². The average Bonchev–Trinajstić information content (AvgIpc) is 2.73. The second-order valence-corrected chi connectivity index (χ2v) is 6.42. The van der Waals surface area contributed by atoms with E-state index < -0.39 is 0 Å². The van der Waals surface area contributed by atoms with Gasteiger partial charge in [-0.25, -0.2) is 0 Å². The first kappa shape index (κ1) is 18.8. The van der Waals surface area contributed by atoms with Crippen LogP contribution in [0.2, 0.25) is 0 Å². The van der Waals surface area contributed by atoms with Crippen molar-refractivity contribution in [2.45, 2.75) is 6.92 Å². The number of benzene rings is 2. The molecule has 2 aromatic rings. The maximum atomic E-state index is 13.1. The summed E-state index contributed by atoms with van der Waals surface area (Å²) in [5, 5.41) is 0. The lowest BCUT2D eigenvalue weighted by Crippen LogP contribution is -2.48. The minimum absolute atomic E-state index is 0.0226. The number of piperazine rings is 1. The van der Waals surface area contributed by atoms with E-state index in [0.29, 0.717) is 30.2 Å². The van der Waals surface area contributed by atoms with Crippen molar-refractivity contribution >= 4 is 17.7 Å². The molecule has 5 heteroatoms. The number of carbonyl (C=O) groups excluding carboxylic acids is 1. The molecule has 1 aliphatic rings. The summed E-state index contributed by atoms with van der Waals surface area (Å²) in [5.41, 5.74) is 2.66. The molecule has 3 rings (SSSR count). The van der Waals surface area contributed by atoms with Crippen molar-refractivity contribution < 1.29 is 14.3 Å². The number of hydrogen-bond acceptors (Lipinski definition) is 4. The van der Waals surface area contributed by atoms with Gasteiger partial charge in [0.15, 0.2) is 11.5 Å². The number of nitrogens with zero attached hydrogens (tertiary/aromatic N) is 2. The number of hydrogen-bond donors (Lipinski definition) is 0. The summed E-state index contributed by atoms with van der Waals surface area (Å²) in [6, 6.07) is 13.9. The summed E-state index contributed by atoms with van der Waals surface area (Å²) in [7, 11) is 3.19. The molecule has 0 aliphatic carbocycles. The van der Waals surface area contributed by atoms with Crippen LogP contribution in [0.3, 0.4) is 0 Å². The van der Waals surface area contributed by atoms with Crippen LogP contribution >= 0.6 is 0 Å². The summed E-state index contributed by atoms with van der Waals surface area (Å²) >= 11 is 0. The van der Waals surface area contributed by atoms with Crippen molar-refractivity contribution in [1.82, 2.24) is 4.90 Å². The Bertz CT molecular complexity index is 810. The van der Waals surface area contributed by atoms with E-state index in [1.807, 2.05) is 48.2 Å². The second-order valence-electron chi connectivity index (χ2n) is 6.42. The number of amides is 1. The lowest BCUT2D eigenvalue weighted by atomic mass is 10.1. The zero-order chi connectivity index (χ0) is 19.2. The SMILES string of the molecule is C/C=C/c1cc(C(=O)N2CCN(c3ccccc3)CC2)cc(OC)c1OC. The number of methoxy groups -OCH3 is 2. The third-order valence-electron chi connectivity index (χ3n) is 4.79. The maximum absolute atomic E-state index is 13.1.